The van der Waals surface area contributed by atoms with Gasteiger partial charge in [-0.1, -0.05) is 187 Å². The second-order valence-corrected chi connectivity index (χ2v) is 75.9. The Morgan fingerprint density at radius 2 is 0.881 bits per heavy atom. The molecule has 0 radical (unpaired) electrons. The van der Waals surface area contributed by atoms with Crippen molar-refractivity contribution in [3.8, 4) is 12.3 Å². The number of nitrogens with zero attached hydrogens (tertiary/aromatic N) is 15. The van der Waals surface area contributed by atoms with Crippen molar-refractivity contribution in [3.63, 3.8) is 0 Å². The molecule has 9 heterocycles. The number of thioether (sulfide) groups is 1. The molecule has 4 saturated heterocycles. The van der Waals surface area contributed by atoms with Gasteiger partial charge in [-0.25, -0.2) is 9.36 Å². The van der Waals surface area contributed by atoms with E-state index in [2.05, 4.69) is 266 Å². The summed E-state index contributed by atoms with van der Waals surface area (Å²) in [5.74, 6) is 3.81. The number of ether oxygens (including phenoxy) is 5. The van der Waals surface area contributed by atoms with Gasteiger partial charge in [0.05, 0.1) is 126 Å². The van der Waals surface area contributed by atoms with Crippen LogP contribution in [0.5, 0.6) is 0 Å². The van der Waals surface area contributed by atoms with Gasteiger partial charge in [-0.2, -0.15) is 0 Å². The number of aliphatic hydroxyl groups is 1. The van der Waals surface area contributed by atoms with Crippen molar-refractivity contribution in [1.82, 2.24) is 75.0 Å². The number of rotatable bonds is 24. The monoisotopic (exact) mass is 1700 g/mol. The van der Waals surface area contributed by atoms with E-state index in [1.54, 1.807) is 9.36 Å². The maximum Gasteiger partial charge on any atom is 0.220 e. The first-order chi connectivity index (χ1) is 49.5. The van der Waals surface area contributed by atoms with E-state index < -0.39 is 68.9 Å². The number of thiocarbonyl (C=S) groups is 1. The average molecular weight is 1700 g/mol. The first kappa shape index (κ1) is 98.3. The van der Waals surface area contributed by atoms with Gasteiger partial charge >= 0.3 is 0 Å². The van der Waals surface area contributed by atoms with E-state index in [0.29, 0.717) is 81.6 Å². The van der Waals surface area contributed by atoms with E-state index in [1.807, 2.05) is 47.6 Å². The van der Waals surface area contributed by atoms with Crippen LogP contribution in [0.15, 0.2) is 6.20 Å². The van der Waals surface area contributed by atoms with Crippen LogP contribution in [0, 0.1) is 12.3 Å². The van der Waals surface area contributed by atoms with Crippen LogP contribution < -0.4 is 0 Å². The number of alkyl halides is 1. The molecule has 4 aliphatic heterocycles. The van der Waals surface area contributed by atoms with Crippen molar-refractivity contribution in [2.75, 3.05) is 65.7 Å². The lowest BCUT2D eigenvalue weighted by molar-refractivity contribution is -0.189. The number of hydrogen-bond donors (Lipinski definition) is 1. The maximum atomic E-state index is 10.9. The summed E-state index contributed by atoms with van der Waals surface area (Å²) < 4.78 is 67.5. The minimum absolute atomic E-state index is 0.137. The Morgan fingerprint density at radius 1 is 0.514 bits per heavy atom. The Bertz CT molecular complexity index is 3700. The van der Waals surface area contributed by atoms with Crippen LogP contribution in [0.2, 0.25) is 130 Å². The third-order valence-electron chi connectivity index (χ3n) is 22.1. The SMILES string of the molecule is C#CCO[Si](C)(C)C(C)(C)C.CC(C)(C)[Si](C)(C)OCc1cn(C[Si](C)(C)C)nn1.CC(C)(C)[Si](C)(C)OCc1nnn(C[Si](C)(C)C)c1C1(O)COC1.CSC(=S)OC1(c2c(CO[Si](C)(C)C(C)(C)C)nnn2C)COC1.Cn1nnc(CCl)c1C1COC1.Cn1nnc(CO[Si](C)(C)C(C)(C)C)c1C1COC1. The molecule has 9 rings (SSSR count). The molecule has 0 spiro atoms. The molecule has 5 aromatic heterocycles. The average Bonchev–Trinajstić information content (AvgIpc) is 1.66. The minimum Gasteiger partial charge on any atom is -0.460 e. The van der Waals surface area contributed by atoms with Gasteiger partial charge < -0.3 is 50.9 Å². The molecule has 4 fully saturated rings. The standard InChI is InChI=1S/C16H33N3O3Si2.C15H27N3O3S2Si.C13H25N3O2Si.C13H29N3OSi2.C9H18OSi.C7H10ClN3O/c1-15(2,3)24(7,8)22-9-13-14(16(20)10-21-11-16)19(18-17-13)12-23(4,5)6;1-14(2,3)24(6,7)20-8-11-12(18(4)17-16-11)15(9-19-10-15)21-13(22)23-5;1-13(2,3)19(5,6)18-9-11-12(10-7-17-8-10)16(4)15-14-11;1-13(2,3)19(7,8)17-10-12-9-16(15-14-12)11-18(4,5)6;1-7-8-10-11(5,6)9(2,3)4;1-11-7(5-3-12-4-5)6(2-8)9-10-11/h20H,9-12H2,1-8H3;8-10H2,1-7H3;10H,7-9H2,1-6H3;9H,10-11H2,1-8H3;1H,8H2,2-6H3;5H,2-4H2,1H3. The van der Waals surface area contributed by atoms with Gasteiger partial charge in [0.15, 0.2) is 52.8 Å². The van der Waals surface area contributed by atoms with E-state index in [-0.39, 0.29) is 25.2 Å². The van der Waals surface area contributed by atoms with Gasteiger partial charge in [0.1, 0.15) is 39.9 Å². The van der Waals surface area contributed by atoms with Crippen LogP contribution >= 0.6 is 35.6 Å². The Balaban J connectivity index is 0.000000282. The molecule has 4 aliphatic rings. The Hall–Kier alpha value is -3.09. The van der Waals surface area contributed by atoms with Crippen molar-refractivity contribution < 1.29 is 50.9 Å². The lowest BCUT2D eigenvalue weighted by Gasteiger charge is -2.41. The van der Waals surface area contributed by atoms with Crippen LogP contribution in [0.25, 0.3) is 0 Å². The van der Waals surface area contributed by atoms with Gasteiger partial charge in [0.2, 0.25) is 4.38 Å². The summed E-state index contributed by atoms with van der Waals surface area (Å²) >= 11 is 12.4. The Kier molecular flexibility index (Phi) is 35.0. The molecule has 109 heavy (non-hydrogen) atoms. The molecule has 1 N–H and O–H groups in total. The van der Waals surface area contributed by atoms with E-state index in [1.165, 1.54) is 17.5 Å². The molecule has 622 valence electrons. The topological polar surface area (TPSA) is 266 Å². The molecule has 0 bridgehead atoms. The fraction of sp³-hybridized carbons (Fsp3) is 0.822. The zero-order valence-electron chi connectivity index (χ0n) is 73.6. The lowest BCUT2D eigenvalue weighted by atomic mass is 9.95. The first-order valence-corrected chi connectivity index (χ1v) is 62.1. The third kappa shape index (κ3) is 28.1. The van der Waals surface area contributed by atoms with Gasteiger partial charge in [-0.15, -0.1) is 43.5 Å². The fourth-order valence-electron chi connectivity index (χ4n) is 9.81. The smallest absolute Gasteiger partial charge is 0.220 e. The van der Waals surface area contributed by atoms with Gasteiger partial charge in [-0.05, 0) is 109 Å². The van der Waals surface area contributed by atoms with Gasteiger partial charge in [0, 0.05) is 45.3 Å². The number of terminal acetylenes is 1. The van der Waals surface area contributed by atoms with E-state index in [9.17, 15) is 5.11 Å². The van der Waals surface area contributed by atoms with Crippen molar-refractivity contribution in [1.29, 1.82) is 0 Å². The predicted molar refractivity (Wildman–Crippen MR) is 461 cm³/mol. The van der Waals surface area contributed by atoms with Crippen LogP contribution in [0.1, 0.15) is 167 Å². The quantitative estimate of drug-likeness (QED) is 0.0260. The maximum absolute atomic E-state index is 10.9. The van der Waals surface area contributed by atoms with Gasteiger partial charge in [0.25, 0.3) is 0 Å². The number of halogens is 1. The largest absolute Gasteiger partial charge is 0.460 e. The molecular weight excluding hydrogens is 1560 g/mol. The summed E-state index contributed by atoms with van der Waals surface area (Å²) in [6, 6.07) is 0. The molecule has 0 saturated carbocycles. The number of hydrogen-bond acceptors (Lipinski definition) is 23. The summed E-state index contributed by atoms with van der Waals surface area (Å²) in [4.78, 5) is 0. The summed E-state index contributed by atoms with van der Waals surface area (Å²) in [6.07, 6.45) is 10.9. The lowest BCUT2D eigenvalue weighted by Crippen LogP contribution is -2.51. The second-order valence-electron chi connectivity index (χ2n) is 39.3. The highest BCUT2D eigenvalue weighted by molar-refractivity contribution is 8.22. The first-order valence-electron chi connectivity index (χ1n) is 38.0. The summed E-state index contributed by atoms with van der Waals surface area (Å²) in [5, 5.41) is 53.7. The molecule has 0 aliphatic carbocycles. The highest BCUT2D eigenvalue weighted by Crippen LogP contribution is 2.43. The molecule has 0 aromatic carbocycles. The van der Waals surface area contributed by atoms with E-state index in [0.717, 1.165) is 84.3 Å². The number of aromatic nitrogens is 15. The summed E-state index contributed by atoms with van der Waals surface area (Å²) in [5.41, 5.74) is 6.74. The molecule has 5 aromatic rings. The molecule has 0 unspecified atom stereocenters. The Labute approximate surface area is 677 Å². The summed E-state index contributed by atoms with van der Waals surface area (Å²) in [7, 11) is -5.60. The van der Waals surface area contributed by atoms with Crippen LogP contribution in [0.4, 0.5) is 0 Å². The van der Waals surface area contributed by atoms with Crippen molar-refractivity contribution in [2.45, 2.75) is 301 Å². The van der Waals surface area contributed by atoms with Crippen LogP contribution in [-0.4, -0.2) is 208 Å². The highest BCUT2D eigenvalue weighted by atomic mass is 35.5. The van der Waals surface area contributed by atoms with Crippen LogP contribution in [0.3, 0.4) is 0 Å². The second kappa shape index (κ2) is 38.8. The Morgan fingerprint density at radius 3 is 1.24 bits per heavy atom. The molecule has 36 heteroatoms. The van der Waals surface area contributed by atoms with Crippen LogP contribution in [-0.2, 0) is 123 Å². The predicted octanol–water partition coefficient (Wildman–Crippen LogP) is 15.6. The third-order valence-corrected chi connectivity index (χ3v) is 48.3. The van der Waals surface area contributed by atoms with E-state index >= 15 is 0 Å². The zero-order valence-corrected chi connectivity index (χ0v) is 82.9. The summed E-state index contributed by atoms with van der Waals surface area (Å²) in [6.45, 7) is 76.6. The number of aryl methyl sites for hydroxylation is 3. The normalized spacial score (nSPS) is 16.7. The van der Waals surface area contributed by atoms with Crippen molar-refractivity contribution >= 4 is 97.7 Å². The van der Waals surface area contributed by atoms with E-state index in [4.69, 9.17) is 76.1 Å². The zero-order chi connectivity index (χ0) is 83.4. The minimum atomic E-state index is -1.88. The fourth-order valence-corrected chi connectivity index (χ4v) is 17.3. The molecule has 0 amide bonds. The van der Waals surface area contributed by atoms with Crippen molar-refractivity contribution in [2.24, 2.45) is 21.1 Å². The highest BCUT2D eigenvalue weighted by Gasteiger charge is 2.50. The van der Waals surface area contributed by atoms with Gasteiger partial charge in [-0.3, -0.25) is 14.0 Å². The van der Waals surface area contributed by atoms with Crippen molar-refractivity contribution in [3.05, 3.63) is 57.4 Å². The molecule has 26 nitrogen and oxygen atoms in total. The molecule has 0 atom stereocenters. The molecular formula is C73H142ClN15O11S2Si7.